The Morgan fingerprint density at radius 1 is 1.88 bits per heavy atom. The van der Waals surface area contributed by atoms with Crippen LogP contribution >= 0.6 is 15.9 Å². The van der Waals surface area contributed by atoms with Gasteiger partial charge in [-0.15, -0.1) is 0 Å². The molecule has 0 aromatic rings. The van der Waals surface area contributed by atoms with E-state index in [1.807, 2.05) is 0 Å². The SMILES string of the molecule is CCOC(=O)[CH-]Br.[Zn]. The van der Waals surface area contributed by atoms with E-state index >= 15 is 0 Å². The Kier molecular flexibility index (Phi) is 10.5. The van der Waals surface area contributed by atoms with Crippen LogP contribution in [0.1, 0.15) is 6.92 Å². The first-order chi connectivity index (χ1) is 3.31. The number of rotatable bonds is 2. The number of hydrogen-bond donors (Lipinski definition) is 0. The van der Waals surface area contributed by atoms with Gasteiger partial charge in [-0.2, -0.15) is 0 Å². The molecule has 0 saturated heterocycles. The average Bonchev–Trinajstić information content (AvgIpc) is 1.68. The minimum absolute atomic E-state index is 0. The number of ether oxygens (including phenoxy) is 1. The fraction of sp³-hybridized carbons (Fsp3) is 0.500. The molecule has 0 unspecified atom stereocenters. The Morgan fingerprint density at radius 3 is 2.50 bits per heavy atom. The summed E-state index contributed by atoms with van der Waals surface area (Å²) >= 11 is 2.82. The number of hydrogen-bond acceptors (Lipinski definition) is 2. The summed E-state index contributed by atoms with van der Waals surface area (Å²) in [6, 6.07) is 0. The molecule has 0 saturated carbocycles. The molecule has 0 spiro atoms. The van der Waals surface area contributed by atoms with Crippen molar-refractivity contribution in [2.24, 2.45) is 0 Å². The summed E-state index contributed by atoms with van der Waals surface area (Å²) in [6.45, 7) is 2.19. The van der Waals surface area contributed by atoms with E-state index in [2.05, 4.69) is 20.7 Å². The molecular weight excluding hydrogens is 225 g/mol. The maximum atomic E-state index is 10.1. The van der Waals surface area contributed by atoms with Crippen LogP contribution in [0, 0.1) is 5.33 Å². The largest absolute Gasteiger partial charge is 0.488 e. The van der Waals surface area contributed by atoms with Gasteiger partial charge in [-0.3, -0.25) is 20.7 Å². The fourth-order valence-corrected chi connectivity index (χ4v) is 0.306. The Hall–Kier alpha value is 0.443. The molecule has 0 atom stereocenters. The summed E-state index contributed by atoms with van der Waals surface area (Å²) in [7, 11) is 0. The first-order valence-electron chi connectivity index (χ1n) is 1.91. The van der Waals surface area contributed by atoms with Crippen LogP contribution in [-0.2, 0) is 29.0 Å². The molecule has 0 heterocycles. The van der Waals surface area contributed by atoms with Gasteiger partial charge in [0.15, 0.2) is 5.97 Å². The van der Waals surface area contributed by atoms with E-state index in [0.717, 1.165) is 0 Å². The van der Waals surface area contributed by atoms with Gasteiger partial charge in [0.2, 0.25) is 0 Å². The fourth-order valence-electron chi connectivity index (χ4n) is 0.174. The first-order valence-corrected chi connectivity index (χ1v) is 2.83. The molecule has 0 amide bonds. The second-order valence-corrected chi connectivity index (χ2v) is 1.32. The molecule has 4 heteroatoms. The summed E-state index contributed by atoms with van der Waals surface area (Å²) in [5, 5.41) is 1.20. The van der Waals surface area contributed by atoms with Gasteiger partial charge in [0.05, 0.1) is 6.61 Å². The van der Waals surface area contributed by atoms with Crippen molar-refractivity contribution in [3.63, 3.8) is 0 Å². The van der Waals surface area contributed by atoms with E-state index < -0.39 is 0 Å². The van der Waals surface area contributed by atoms with Gasteiger partial charge in [0, 0.05) is 19.5 Å². The smallest absolute Gasteiger partial charge is 0.176 e. The Bertz CT molecular complexity index is 67.1. The number of esters is 1. The summed E-state index contributed by atoms with van der Waals surface area (Å²) in [5.41, 5.74) is 0. The van der Waals surface area contributed by atoms with E-state index in [-0.39, 0.29) is 25.4 Å². The molecule has 0 aliphatic carbocycles. The van der Waals surface area contributed by atoms with Gasteiger partial charge in [0.25, 0.3) is 0 Å². The minimum atomic E-state index is -0.331. The van der Waals surface area contributed by atoms with E-state index in [1.54, 1.807) is 6.92 Å². The van der Waals surface area contributed by atoms with Crippen molar-refractivity contribution in [3.8, 4) is 0 Å². The zero-order chi connectivity index (χ0) is 5.70. The standard InChI is InChI=1S/C4H6BrO2.Zn/c1-2-7-4(6)3-5;/h3H,2H2,1H3;/q-1;. The van der Waals surface area contributed by atoms with Crippen molar-refractivity contribution in [2.45, 2.75) is 6.92 Å². The Balaban J connectivity index is 0. The predicted octanol–water partition coefficient (Wildman–Crippen LogP) is 1.10. The maximum absolute atomic E-state index is 10.1. The Labute approximate surface area is 69.9 Å². The summed E-state index contributed by atoms with van der Waals surface area (Å²) in [6.07, 6.45) is 0. The maximum Gasteiger partial charge on any atom is 0.176 e. The number of carbonyl (C=O) groups is 1. The van der Waals surface area contributed by atoms with Crippen LogP contribution in [0.5, 0.6) is 0 Å². The third-order valence-electron chi connectivity index (χ3n) is 0.376. The van der Waals surface area contributed by atoms with Crippen LogP contribution in [0.2, 0.25) is 0 Å². The minimum Gasteiger partial charge on any atom is -0.488 e. The summed E-state index contributed by atoms with van der Waals surface area (Å²) in [5.74, 6) is -0.331. The van der Waals surface area contributed by atoms with Crippen LogP contribution in [0.3, 0.4) is 0 Å². The van der Waals surface area contributed by atoms with E-state index in [0.29, 0.717) is 6.61 Å². The quantitative estimate of drug-likeness (QED) is 0.404. The zero-order valence-electron chi connectivity index (χ0n) is 4.69. The molecule has 44 valence electrons. The molecule has 0 radical (unpaired) electrons. The predicted molar refractivity (Wildman–Crippen MR) is 29.9 cm³/mol. The monoisotopic (exact) mass is 229 g/mol. The molecule has 0 N–H and O–H groups in total. The summed E-state index contributed by atoms with van der Waals surface area (Å²) < 4.78 is 4.45. The van der Waals surface area contributed by atoms with Crippen LogP contribution < -0.4 is 0 Å². The first kappa shape index (κ1) is 11.3. The van der Waals surface area contributed by atoms with Crippen molar-refractivity contribution >= 4 is 21.9 Å². The van der Waals surface area contributed by atoms with Crippen molar-refractivity contribution < 1.29 is 29.0 Å². The topological polar surface area (TPSA) is 26.3 Å². The molecule has 0 aromatic heterocycles. The second-order valence-electron chi connectivity index (χ2n) is 0.861. The third kappa shape index (κ3) is 6.44. The van der Waals surface area contributed by atoms with Crippen molar-refractivity contribution in [1.82, 2.24) is 0 Å². The van der Waals surface area contributed by atoms with Crippen LogP contribution in [-0.4, -0.2) is 12.6 Å². The molecule has 0 aromatic carbocycles. The van der Waals surface area contributed by atoms with E-state index in [4.69, 9.17) is 0 Å². The molecule has 0 bridgehead atoms. The van der Waals surface area contributed by atoms with Crippen molar-refractivity contribution in [2.75, 3.05) is 6.61 Å². The number of carbonyl (C=O) groups excluding carboxylic acids is 1. The van der Waals surface area contributed by atoms with Crippen LogP contribution in [0.25, 0.3) is 0 Å². The van der Waals surface area contributed by atoms with Crippen molar-refractivity contribution in [3.05, 3.63) is 5.33 Å². The van der Waals surface area contributed by atoms with Gasteiger partial charge in [-0.05, 0) is 6.92 Å². The van der Waals surface area contributed by atoms with Gasteiger partial charge in [0.1, 0.15) is 0 Å². The molecule has 0 rings (SSSR count). The van der Waals surface area contributed by atoms with E-state index in [1.165, 1.54) is 5.33 Å². The average molecular weight is 231 g/mol. The third-order valence-corrected chi connectivity index (χ3v) is 0.750. The molecular formula is C4H6BrO2Zn-. The van der Waals surface area contributed by atoms with Crippen LogP contribution in [0.4, 0.5) is 0 Å². The van der Waals surface area contributed by atoms with Gasteiger partial charge >= 0.3 is 0 Å². The molecule has 0 aliphatic heterocycles. The summed E-state index contributed by atoms with van der Waals surface area (Å²) in [4.78, 5) is 10.1. The second kappa shape index (κ2) is 7.44. The Morgan fingerprint density at radius 2 is 2.38 bits per heavy atom. The number of halogens is 1. The normalized spacial score (nSPS) is 6.75. The van der Waals surface area contributed by atoms with Crippen LogP contribution in [0.15, 0.2) is 0 Å². The van der Waals surface area contributed by atoms with Gasteiger partial charge in [-0.25, -0.2) is 5.33 Å². The van der Waals surface area contributed by atoms with E-state index in [9.17, 15) is 4.79 Å². The molecule has 0 aliphatic rings. The molecule has 2 nitrogen and oxygen atoms in total. The van der Waals surface area contributed by atoms with Crippen molar-refractivity contribution in [1.29, 1.82) is 0 Å². The zero-order valence-corrected chi connectivity index (χ0v) is 9.24. The van der Waals surface area contributed by atoms with Gasteiger partial charge < -0.3 is 4.74 Å². The molecule has 0 fully saturated rings. The molecule has 8 heavy (non-hydrogen) atoms. The van der Waals surface area contributed by atoms with Gasteiger partial charge in [-0.1, -0.05) is 0 Å².